The first-order valence-corrected chi connectivity index (χ1v) is 18.1. The molecule has 2 bridgehead atoms. The number of hydrogen-bond donors (Lipinski definition) is 6. The smallest absolute Gasteiger partial charge is 0.382 e. The van der Waals surface area contributed by atoms with Crippen molar-refractivity contribution in [2.75, 3.05) is 24.7 Å². The number of aromatic nitrogens is 8. The first-order chi connectivity index (χ1) is 20.9. The van der Waals surface area contributed by atoms with Gasteiger partial charge in [-0.25, -0.2) is 24.3 Å². The van der Waals surface area contributed by atoms with Crippen molar-refractivity contribution < 1.29 is 41.7 Å². The fourth-order valence-corrected chi connectivity index (χ4v) is 8.18. The molecule has 7 heterocycles. The zero-order valence-corrected chi connectivity index (χ0v) is 25.6. The van der Waals surface area contributed by atoms with Crippen molar-refractivity contribution >= 4 is 72.0 Å². The van der Waals surface area contributed by atoms with E-state index in [9.17, 15) is 14.6 Å². The van der Waals surface area contributed by atoms with Gasteiger partial charge in [0.25, 0.3) is 5.56 Å². The van der Waals surface area contributed by atoms with Crippen LogP contribution in [0.5, 0.6) is 0 Å². The van der Waals surface area contributed by atoms with E-state index >= 15 is 4.39 Å². The summed E-state index contributed by atoms with van der Waals surface area (Å²) in [7, 11) is -4.10. The third kappa shape index (κ3) is 5.48. The molecule has 9 atom stereocenters. The van der Waals surface area contributed by atoms with E-state index in [1.807, 2.05) is 0 Å². The number of nitrogens with two attached hydrogens (primary N) is 2. The first kappa shape index (κ1) is 30.2. The molecular formula is C20H24FN10O9P2S2+. The highest BCUT2D eigenvalue weighted by Crippen LogP contribution is 2.65. The van der Waals surface area contributed by atoms with Gasteiger partial charge in [-0.15, -0.1) is 0 Å². The molecule has 7 N–H and O–H groups in total. The number of rotatable bonds is 2. The van der Waals surface area contributed by atoms with E-state index in [0.29, 0.717) is 11.2 Å². The number of ether oxygens (including phenoxy) is 2. The highest BCUT2D eigenvalue weighted by Gasteiger charge is 2.56. The molecule has 24 heteroatoms. The molecule has 0 aromatic carbocycles. The summed E-state index contributed by atoms with van der Waals surface area (Å²) in [6.45, 7) is -4.98. The number of nitrogen functional groups attached to an aromatic ring is 2. The number of nitrogens with zero attached hydrogens (tertiary/aromatic N) is 7. The number of aromatic amines is 1. The van der Waals surface area contributed by atoms with E-state index in [1.165, 1.54) is 23.5 Å². The van der Waals surface area contributed by atoms with Crippen LogP contribution >= 0.6 is 26.1 Å². The largest absolute Gasteiger partial charge is 0.476 e. The van der Waals surface area contributed by atoms with Crippen LogP contribution in [0, 0.1) is 0 Å². The summed E-state index contributed by atoms with van der Waals surface area (Å²) in [6.07, 6.45) is -4.86. The molecule has 0 saturated carbocycles. The lowest BCUT2D eigenvalue weighted by Gasteiger charge is -2.25. The summed E-state index contributed by atoms with van der Waals surface area (Å²) < 4.78 is 53.3. The maximum atomic E-state index is 15.9. The van der Waals surface area contributed by atoms with Crippen LogP contribution in [0.15, 0.2) is 23.8 Å². The molecular weight excluding hydrogens is 669 g/mol. The van der Waals surface area contributed by atoms with Gasteiger partial charge in [-0.3, -0.25) is 18.9 Å². The number of halogens is 1. The molecule has 4 aromatic heterocycles. The van der Waals surface area contributed by atoms with Crippen molar-refractivity contribution in [2.45, 2.75) is 49.5 Å². The van der Waals surface area contributed by atoms with Crippen molar-refractivity contribution in [1.29, 1.82) is 0 Å². The van der Waals surface area contributed by atoms with Crippen LogP contribution in [0.1, 0.15) is 18.9 Å². The average Bonchev–Trinajstić information content (AvgIpc) is 3.72. The normalized spacial score (nSPS) is 36.6. The Labute approximate surface area is 256 Å². The summed E-state index contributed by atoms with van der Waals surface area (Å²) in [5, 5.41) is 0. The first-order valence-electron chi connectivity index (χ1n) is 12.8. The van der Waals surface area contributed by atoms with Crippen LogP contribution in [0.2, 0.25) is 0 Å². The van der Waals surface area contributed by atoms with Gasteiger partial charge in [0.05, 0.1) is 31.5 Å². The lowest BCUT2D eigenvalue weighted by Crippen LogP contribution is -2.32. The van der Waals surface area contributed by atoms with Gasteiger partial charge in [0.15, 0.2) is 41.1 Å². The van der Waals surface area contributed by atoms with Crippen molar-refractivity contribution in [1.82, 2.24) is 39.0 Å². The number of nitrogens with one attached hydrogen (secondary N) is 1. The van der Waals surface area contributed by atoms with Crippen molar-refractivity contribution in [3.8, 4) is 0 Å². The number of thiol groups is 1. The number of fused-ring (bicyclic) bond motifs is 5. The molecule has 0 aliphatic carbocycles. The van der Waals surface area contributed by atoms with Crippen LogP contribution in [-0.2, 0) is 39.4 Å². The number of alkyl halides is 1. The number of H-pyrrole nitrogens is 1. The standard InChI is InChI=1S/C20H23FN10O9P2S2/c21-11-9-3-36-41(33,43)39-7-1-10(30-5-26-12-15(22)24-4-25-16(12)30)37-8(7)2-35-42(34,44)40-14(11)19(38-9)31-6-27-13-17(31)28-20(23)29-18(13)32/h4-11,14,19,34,44H,1-3H2,(H5-,22,23,24,25,28,29,32,33,43)/p+1/t7-,8-,9-,10-,11+,14?,19-,41?,42?/m1/s1. The van der Waals surface area contributed by atoms with E-state index in [-0.39, 0.29) is 36.0 Å². The molecule has 0 spiro atoms. The highest BCUT2D eigenvalue weighted by atomic mass is 32.7. The second kappa shape index (κ2) is 11.1. The van der Waals surface area contributed by atoms with Gasteiger partial charge in [-0.05, 0) is 11.8 Å². The van der Waals surface area contributed by atoms with Gasteiger partial charge in [-0.1, -0.05) is 0 Å². The minimum atomic E-state index is -4.10. The van der Waals surface area contributed by atoms with E-state index < -0.39 is 69.1 Å². The lowest BCUT2D eigenvalue weighted by molar-refractivity contribution is -0.0600. The Morgan fingerprint density at radius 1 is 1.09 bits per heavy atom. The van der Waals surface area contributed by atoms with Gasteiger partial charge in [0, 0.05) is 6.42 Å². The molecule has 0 radical (unpaired) electrons. The molecule has 4 aromatic rings. The molecule has 44 heavy (non-hydrogen) atoms. The molecule has 19 nitrogen and oxygen atoms in total. The molecule has 3 aliphatic heterocycles. The zero-order valence-electron chi connectivity index (χ0n) is 22.1. The molecule has 3 saturated heterocycles. The second-order valence-corrected chi connectivity index (χ2v) is 15.8. The summed E-state index contributed by atoms with van der Waals surface area (Å²) in [5.41, 5.74) is 11.6. The minimum absolute atomic E-state index is 0.0374. The fraction of sp³-hybridized carbons (Fsp3) is 0.500. The summed E-state index contributed by atoms with van der Waals surface area (Å²) in [6, 6.07) is 0. The van der Waals surface area contributed by atoms with Crippen LogP contribution in [0.3, 0.4) is 0 Å². The Morgan fingerprint density at radius 2 is 1.86 bits per heavy atom. The van der Waals surface area contributed by atoms with Crippen molar-refractivity contribution in [2.24, 2.45) is 0 Å². The van der Waals surface area contributed by atoms with Gasteiger partial charge in [-0.2, -0.15) is 18.9 Å². The maximum absolute atomic E-state index is 15.9. The van der Waals surface area contributed by atoms with E-state index in [2.05, 4.69) is 42.2 Å². The fourth-order valence-electron chi connectivity index (χ4n) is 5.24. The van der Waals surface area contributed by atoms with Crippen molar-refractivity contribution in [3.05, 3.63) is 29.3 Å². The van der Waals surface area contributed by atoms with Gasteiger partial charge in [0.1, 0.15) is 43.0 Å². The summed E-state index contributed by atoms with van der Waals surface area (Å²) >= 11 is 9.42. The quantitative estimate of drug-likeness (QED) is 0.122. The maximum Gasteiger partial charge on any atom is 0.476 e. The van der Waals surface area contributed by atoms with E-state index in [0.717, 1.165) is 0 Å². The third-order valence-corrected chi connectivity index (χ3v) is 10.4. The van der Waals surface area contributed by atoms with Gasteiger partial charge >= 0.3 is 13.9 Å². The highest BCUT2D eigenvalue weighted by molar-refractivity contribution is 8.47. The van der Waals surface area contributed by atoms with Crippen LogP contribution in [0.25, 0.3) is 22.3 Å². The molecule has 3 unspecified atom stereocenters. The Kier molecular flexibility index (Phi) is 7.63. The molecule has 236 valence electrons. The van der Waals surface area contributed by atoms with Gasteiger partial charge in [0.2, 0.25) is 5.95 Å². The lowest BCUT2D eigenvalue weighted by atomic mass is 10.1. The SMILES string of the molecule is Nc1nc2c(ncn2[C@@H]2O[C@@H]3COP(O)(=S)O[C@@H]4C[C@H](n5cnc6c(N)ncnc65)O[C@@H]4CO[P+](O)(S)OC2[C@H]3F)c(=O)[nH]1. The van der Waals surface area contributed by atoms with Crippen LogP contribution in [-0.4, -0.2) is 92.6 Å². The Balaban J connectivity index is 1.19. The van der Waals surface area contributed by atoms with E-state index in [1.54, 1.807) is 4.57 Å². The topological polar surface area (TPSA) is 255 Å². The molecule has 3 fully saturated rings. The number of anilines is 2. The predicted molar refractivity (Wildman–Crippen MR) is 156 cm³/mol. The Morgan fingerprint density at radius 3 is 2.68 bits per heavy atom. The molecule has 7 rings (SSSR count). The molecule has 3 aliphatic rings. The molecule has 0 amide bonds. The van der Waals surface area contributed by atoms with Crippen LogP contribution in [0.4, 0.5) is 16.2 Å². The van der Waals surface area contributed by atoms with E-state index in [4.69, 9.17) is 50.8 Å². The number of imidazole rings is 2. The Bertz CT molecular complexity index is 1850. The zero-order chi connectivity index (χ0) is 31.0. The third-order valence-electron chi connectivity index (χ3n) is 7.20. The van der Waals surface area contributed by atoms with Crippen LogP contribution < -0.4 is 17.0 Å². The summed E-state index contributed by atoms with van der Waals surface area (Å²) in [5.74, 6) is -0.0477. The predicted octanol–water partition coefficient (Wildman–Crippen LogP) is 0.281. The summed E-state index contributed by atoms with van der Waals surface area (Å²) in [4.78, 5) is 57.1. The monoisotopic (exact) mass is 693 g/mol. The van der Waals surface area contributed by atoms with Gasteiger partial charge < -0.3 is 34.9 Å². The Hall–Kier alpha value is -2.46. The van der Waals surface area contributed by atoms with Crippen molar-refractivity contribution in [3.63, 3.8) is 0 Å². The number of hydrogen-bond acceptors (Lipinski definition) is 17. The average molecular weight is 694 g/mol. The minimum Gasteiger partial charge on any atom is -0.382 e. The second-order valence-electron chi connectivity index (χ2n) is 10.00.